The first kappa shape index (κ1) is 23.8. The summed E-state index contributed by atoms with van der Waals surface area (Å²) in [5.41, 5.74) is 2.89. The van der Waals surface area contributed by atoms with Crippen LogP contribution in [0, 0.1) is 11.6 Å². The topological polar surface area (TPSA) is 66.4 Å². The lowest BCUT2D eigenvalue weighted by atomic mass is 9.76. The van der Waals surface area contributed by atoms with E-state index in [0.29, 0.717) is 17.6 Å². The predicted octanol–water partition coefficient (Wildman–Crippen LogP) is 1.90. The molecule has 0 radical (unpaired) electrons. The fourth-order valence-electron chi connectivity index (χ4n) is 3.50. The first-order valence-electron chi connectivity index (χ1n) is 10.2. The number of hydrogen-bond donors (Lipinski definition) is 1. The van der Waals surface area contributed by atoms with Crippen LogP contribution in [0.5, 0.6) is 0 Å². The molecule has 2 aromatic carbocycles. The smallest absolute Gasteiger partial charge is 0.423 e. The SMILES string of the molecule is COB(OC)c1ccc(F)cc1COC1CCCCO1.OB1OCc2cc(F)ccc21. The molecular weight excluding hydrogens is 408 g/mol. The molecule has 0 aliphatic carbocycles. The number of rotatable bonds is 6. The fraction of sp³-hybridized carbons (Fsp3) is 0.429. The van der Waals surface area contributed by atoms with Crippen LogP contribution in [0.2, 0.25) is 0 Å². The van der Waals surface area contributed by atoms with E-state index in [-0.39, 0.29) is 24.5 Å². The molecule has 2 aliphatic heterocycles. The van der Waals surface area contributed by atoms with Crippen molar-refractivity contribution in [3.05, 3.63) is 59.2 Å². The molecule has 6 nitrogen and oxygen atoms in total. The van der Waals surface area contributed by atoms with Gasteiger partial charge in [0.15, 0.2) is 6.29 Å². The van der Waals surface area contributed by atoms with E-state index in [1.54, 1.807) is 26.4 Å². The van der Waals surface area contributed by atoms with Gasteiger partial charge in [-0.25, -0.2) is 8.78 Å². The first-order valence-corrected chi connectivity index (χ1v) is 10.2. The van der Waals surface area contributed by atoms with E-state index >= 15 is 0 Å². The molecule has 166 valence electrons. The Balaban J connectivity index is 0.000000207. The fourth-order valence-corrected chi connectivity index (χ4v) is 3.50. The average Bonchev–Trinajstić information content (AvgIpc) is 3.15. The Morgan fingerprint density at radius 1 is 1.10 bits per heavy atom. The van der Waals surface area contributed by atoms with Gasteiger partial charge in [-0.2, -0.15) is 0 Å². The van der Waals surface area contributed by atoms with Crippen molar-refractivity contribution >= 4 is 25.2 Å². The minimum absolute atomic E-state index is 0.205. The summed E-state index contributed by atoms with van der Waals surface area (Å²) in [7, 11) is 1.70. The molecule has 10 heteroatoms. The second-order valence-corrected chi connectivity index (χ2v) is 7.26. The minimum atomic E-state index is -0.870. The van der Waals surface area contributed by atoms with E-state index in [4.69, 9.17) is 28.5 Å². The average molecular weight is 434 g/mol. The lowest BCUT2D eigenvalue weighted by Crippen LogP contribution is -2.38. The molecule has 0 amide bonds. The van der Waals surface area contributed by atoms with Crippen molar-refractivity contribution in [1.29, 1.82) is 0 Å². The molecule has 0 aromatic heterocycles. The summed E-state index contributed by atoms with van der Waals surface area (Å²) >= 11 is 0. The number of benzene rings is 2. The molecular formula is C21H26B2F2O6. The molecule has 1 saturated heterocycles. The van der Waals surface area contributed by atoms with Gasteiger partial charge in [0, 0.05) is 20.8 Å². The van der Waals surface area contributed by atoms with Gasteiger partial charge in [-0.3, -0.25) is 0 Å². The van der Waals surface area contributed by atoms with Crippen LogP contribution in [0.15, 0.2) is 36.4 Å². The summed E-state index contributed by atoms with van der Waals surface area (Å²) < 4.78 is 52.5. The molecule has 2 aliphatic rings. The Hall–Kier alpha value is -1.81. The molecule has 1 N–H and O–H groups in total. The highest BCUT2D eigenvalue weighted by atomic mass is 19.1. The summed E-state index contributed by atoms with van der Waals surface area (Å²) in [5, 5.41) is 9.13. The Bertz CT molecular complexity index is 847. The number of fused-ring (bicyclic) bond motifs is 1. The second-order valence-electron chi connectivity index (χ2n) is 7.26. The Labute approximate surface area is 181 Å². The summed E-state index contributed by atoms with van der Waals surface area (Å²) in [4.78, 5) is 0. The van der Waals surface area contributed by atoms with E-state index in [1.165, 1.54) is 24.3 Å². The maximum absolute atomic E-state index is 13.4. The van der Waals surface area contributed by atoms with Gasteiger partial charge >= 0.3 is 14.2 Å². The zero-order valence-electron chi connectivity index (χ0n) is 17.7. The third-order valence-corrected chi connectivity index (χ3v) is 5.12. The molecule has 1 unspecified atom stereocenters. The van der Waals surface area contributed by atoms with Gasteiger partial charge in [-0.1, -0.05) is 12.1 Å². The van der Waals surface area contributed by atoms with Crippen LogP contribution in [-0.2, 0) is 36.7 Å². The number of hydrogen-bond acceptors (Lipinski definition) is 6. The van der Waals surface area contributed by atoms with Gasteiger partial charge in [-0.15, -0.1) is 0 Å². The van der Waals surface area contributed by atoms with Crippen molar-refractivity contribution in [3.63, 3.8) is 0 Å². The zero-order chi connectivity index (χ0) is 22.2. The van der Waals surface area contributed by atoms with E-state index in [9.17, 15) is 8.78 Å². The van der Waals surface area contributed by atoms with Crippen LogP contribution in [0.4, 0.5) is 8.78 Å². The Morgan fingerprint density at radius 2 is 1.84 bits per heavy atom. The van der Waals surface area contributed by atoms with Gasteiger partial charge in [0.1, 0.15) is 11.6 Å². The van der Waals surface area contributed by atoms with E-state index in [1.807, 2.05) is 0 Å². The van der Waals surface area contributed by atoms with E-state index < -0.39 is 14.2 Å². The van der Waals surface area contributed by atoms with Crippen LogP contribution in [0.1, 0.15) is 30.4 Å². The number of halogens is 2. The van der Waals surface area contributed by atoms with Crippen molar-refractivity contribution in [3.8, 4) is 0 Å². The Kier molecular flexibility index (Phi) is 9.01. The Morgan fingerprint density at radius 3 is 2.55 bits per heavy atom. The predicted molar refractivity (Wildman–Crippen MR) is 113 cm³/mol. The van der Waals surface area contributed by atoms with Gasteiger partial charge in [0.25, 0.3) is 0 Å². The van der Waals surface area contributed by atoms with Crippen LogP contribution < -0.4 is 10.9 Å². The molecule has 2 aromatic rings. The maximum atomic E-state index is 13.4. The summed E-state index contributed by atoms with van der Waals surface area (Å²) in [6, 6.07) is 8.74. The highest BCUT2D eigenvalue weighted by molar-refractivity contribution is 6.62. The van der Waals surface area contributed by atoms with Gasteiger partial charge in [0.05, 0.1) is 13.2 Å². The van der Waals surface area contributed by atoms with Crippen LogP contribution in [0.25, 0.3) is 0 Å². The van der Waals surface area contributed by atoms with Gasteiger partial charge in [0.2, 0.25) is 0 Å². The standard InChI is InChI=1S/C14H20BFO4.C7H6BFO2/c1-17-15(18-2)13-7-6-12(16)9-11(13)10-20-14-5-3-4-8-19-14;9-6-1-2-7-5(3-6)4-11-8(7)10/h6-7,9,14H,3-5,8,10H2,1-2H3;1-3,10H,4H2. The normalized spacial score (nSPS) is 17.7. The zero-order valence-corrected chi connectivity index (χ0v) is 17.7. The van der Waals surface area contributed by atoms with Crippen molar-refractivity contribution in [2.45, 2.75) is 38.8 Å². The van der Waals surface area contributed by atoms with Crippen molar-refractivity contribution in [2.24, 2.45) is 0 Å². The third-order valence-electron chi connectivity index (χ3n) is 5.12. The first-order chi connectivity index (χ1) is 15.0. The highest BCUT2D eigenvalue weighted by Gasteiger charge is 2.27. The molecule has 4 rings (SSSR count). The van der Waals surface area contributed by atoms with Gasteiger partial charge < -0.3 is 28.5 Å². The minimum Gasteiger partial charge on any atom is -0.423 e. The molecule has 0 saturated carbocycles. The lowest BCUT2D eigenvalue weighted by Gasteiger charge is -2.23. The largest absolute Gasteiger partial charge is 0.493 e. The van der Waals surface area contributed by atoms with Crippen molar-refractivity contribution < 1.29 is 37.2 Å². The molecule has 1 fully saturated rings. The molecule has 0 spiro atoms. The van der Waals surface area contributed by atoms with Crippen molar-refractivity contribution in [1.82, 2.24) is 0 Å². The highest BCUT2D eigenvalue weighted by Crippen LogP contribution is 2.16. The monoisotopic (exact) mass is 434 g/mol. The van der Waals surface area contributed by atoms with Crippen LogP contribution >= 0.6 is 0 Å². The van der Waals surface area contributed by atoms with E-state index in [0.717, 1.165) is 36.9 Å². The molecule has 31 heavy (non-hydrogen) atoms. The molecule has 2 heterocycles. The van der Waals surface area contributed by atoms with E-state index in [2.05, 4.69) is 0 Å². The lowest BCUT2D eigenvalue weighted by molar-refractivity contribution is -0.168. The maximum Gasteiger partial charge on any atom is 0.493 e. The molecule has 0 bridgehead atoms. The number of ether oxygens (including phenoxy) is 2. The summed E-state index contributed by atoms with van der Waals surface area (Å²) in [6.07, 6.45) is 2.84. The third kappa shape index (κ3) is 6.58. The second kappa shape index (κ2) is 11.7. The van der Waals surface area contributed by atoms with Crippen molar-refractivity contribution in [2.75, 3.05) is 20.8 Å². The van der Waals surface area contributed by atoms with Crippen LogP contribution in [0.3, 0.4) is 0 Å². The summed E-state index contributed by atoms with van der Waals surface area (Å²) in [6.45, 7) is 1.30. The quantitative estimate of drug-likeness (QED) is 0.702. The van der Waals surface area contributed by atoms with Gasteiger partial charge in [-0.05, 0) is 65.6 Å². The summed E-state index contributed by atoms with van der Waals surface area (Å²) in [5.74, 6) is -0.593. The molecule has 1 atom stereocenters. The van der Waals surface area contributed by atoms with Crippen LogP contribution in [-0.4, -0.2) is 46.4 Å².